The second kappa shape index (κ2) is 15.9. The molecular formula is C38H47F2N7O5S. The molecule has 0 radical (unpaired) electrons. The van der Waals surface area contributed by atoms with Gasteiger partial charge in [0.1, 0.15) is 28.6 Å². The maximum atomic E-state index is 15.2. The van der Waals surface area contributed by atoms with Crippen LogP contribution in [-0.2, 0) is 15.3 Å². The average molecular weight is 752 g/mol. The Labute approximate surface area is 311 Å². The molecular weight excluding hydrogens is 705 g/mol. The van der Waals surface area contributed by atoms with Gasteiger partial charge in [0, 0.05) is 87.5 Å². The monoisotopic (exact) mass is 751 g/mol. The molecule has 12 nitrogen and oxygen atoms in total. The van der Waals surface area contributed by atoms with Gasteiger partial charge in [-0.3, -0.25) is 29.6 Å². The van der Waals surface area contributed by atoms with E-state index in [1.807, 2.05) is 0 Å². The predicted molar refractivity (Wildman–Crippen MR) is 200 cm³/mol. The first-order valence-corrected chi connectivity index (χ1v) is 20.0. The molecule has 2 aromatic carbocycles. The lowest BCUT2D eigenvalue weighted by Gasteiger charge is -2.52. The van der Waals surface area contributed by atoms with Crippen molar-refractivity contribution in [2.75, 3.05) is 75.4 Å². The van der Waals surface area contributed by atoms with Crippen LogP contribution in [0.2, 0.25) is 0 Å². The number of thioether (sulfide) groups is 1. The third-order valence-corrected chi connectivity index (χ3v) is 13.0. The maximum Gasteiger partial charge on any atom is 0.328 e. The number of imide groups is 1. The minimum Gasteiger partial charge on any atom is -0.493 e. The van der Waals surface area contributed by atoms with Crippen LogP contribution in [0.25, 0.3) is 10.9 Å². The number of nitrogens with one attached hydrogen (secondary N) is 2. The van der Waals surface area contributed by atoms with Gasteiger partial charge in [-0.1, -0.05) is 0 Å². The van der Waals surface area contributed by atoms with Crippen LogP contribution in [0, 0.1) is 17.6 Å². The van der Waals surface area contributed by atoms with Crippen molar-refractivity contribution in [2.24, 2.45) is 5.92 Å². The quantitative estimate of drug-likeness (QED) is 0.306. The molecule has 0 atom stereocenters. The number of amides is 3. The number of benzene rings is 2. The van der Waals surface area contributed by atoms with Crippen molar-refractivity contribution < 1.29 is 27.8 Å². The number of H-pyrrole nitrogens is 1. The summed E-state index contributed by atoms with van der Waals surface area (Å²) in [5.41, 5.74) is 0.874. The molecule has 0 aliphatic carbocycles. The average Bonchev–Trinajstić information content (AvgIpc) is 3.13. The zero-order valence-electron chi connectivity index (χ0n) is 29.9. The third-order valence-electron chi connectivity index (χ3n) is 11.6. The molecule has 0 unspecified atom stereocenters. The highest BCUT2D eigenvalue weighted by Gasteiger charge is 2.38. The fourth-order valence-corrected chi connectivity index (χ4v) is 9.41. The Bertz CT molecular complexity index is 1870. The van der Waals surface area contributed by atoms with Crippen LogP contribution in [0.4, 0.5) is 25.0 Å². The van der Waals surface area contributed by atoms with Gasteiger partial charge in [-0.15, -0.1) is 0 Å². The van der Waals surface area contributed by atoms with Crippen molar-refractivity contribution in [1.82, 2.24) is 25.1 Å². The van der Waals surface area contributed by atoms with Crippen molar-refractivity contribution in [3.8, 4) is 5.75 Å². The number of carbonyl (C=O) groups excluding carboxylic acids is 2. The van der Waals surface area contributed by atoms with E-state index in [4.69, 9.17) is 9.47 Å². The molecule has 0 saturated carbocycles. The van der Waals surface area contributed by atoms with Gasteiger partial charge >= 0.3 is 6.03 Å². The van der Waals surface area contributed by atoms with E-state index in [2.05, 4.69) is 30.0 Å². The lowest BCUT2D eigenvalue weighted by Crippen LogP contribution is -2.64. The van der Waals surface area contributed by atoms with E-state index >= 15 is 8.78 Å². The first-order valence-electron chi connectivity index (χ1n) is 19.0. The molecule has 5 aliphatic heterocycles. The van der Waals surface area contributed by atoms with Crippen molar-refractivity contribution in [2.45, 2.75) is 68.0 Å². The fraction of sp³-hybridized carbons (Fsp3) is 0.579. The lowest BCUT2D eigenvalue weighted by atomic mass is 9.92. The second-order valence-electron chi connectivity index (χ2n) is 14.9. The zero-order valence-corrected chi connectivity index (χ0v) is 30.7. The van der Waals surface area contributed by atoms with Crippen molar-refractivity contribution in [3.63, 3.8) is 0 Å². The molecule has 0 bridgehead atoms. The van der Waals surface area contributed by atoms with E-state index in [0.29, 0.717) is 64.1 Å². The van der Waals surface area contributed by atoms with Crippen molar-refractivity contribution >= 4 is 46.0 Å². The Morgan fingerprint density at radius 2 is 1.64 bits per heavy atom. The van der Waals surface area contributed by atoms with Crippen LogP contribution in [0.15, 0.2) is 35.1 Å². The Kier molecular flexibility index (Phi) is 10.9. The number of hydrogen-bond acceptors (Lipinski definition) is 10. The second-order valence-corrected chi connectivity index (χ2v) is 16.2. The summed E-state index contributed by atoms with van der Waals surface area (Å²) in [5.74, 6) is 0.609. The van der Waals surface area contributed by atoms with Crippen LogP contribution in [-0.4, -0.2) is 115 Å². The van der Waals surface area contributed by atoms with Crippen LogP contribution in [0.5, 0.6) is 5.75 Å². The van der Waals surface area contributed by atoms with Gasteiger partial charge in [0.05, 0.1) is 23.6 Å². The van der Waals surface area contributed by atoms with Crippen LogP contribution in [0.1, 0.15) is 50.8 Å². The first kappa shape index (κ1) is 36.2. The predicted octanol–water partition coefficient (Wildman–Crippen LogP) is 4.50. The molecule has 284 valence electrons. The van der Waals surface area contributed by atoms with E-state index < -0.39 is 17.4 Å². The number of aromatic nitrogens is 2. The number of anilines is 2. The highest BCUT2D eigenvalue weighted by Crippen LogP contribution is 2.32. The molecule has 6 heterocycles. The van der Waals surface area contributed by atoms with Gasteiger partial charge in [-0.05, 0) is 75.7 Å². The van der Waals surface area contributed by atoms with Gasteiger partial charge in [-0.2, -0.15) is 11.8 Å². The third kappa shape index (κ3) is 8.18. The molecule has 5 aliphatic rings. The molecule has 15 heteroatoms. The SMILES string of the molecule is O=C1CCN(c2ccc(N3CCC(N4CC(N5CCC(COc6cc(F)c7c(=O)[nH]c(CSC8CCOCC8)nc7c6)CC5)C4)CC3)c(F)c2)C(=O)N1. The number of aromatic amines is 1. The first-order chi connectivity index (χ1) is 25.8. The minimum atomic E-state index is -0.615. The summed E-state index contributed by atoms with van der Waals surface area (Å²) >= 11 is 1.75. The molecule has 3 amide bonds. The minimum absolute atomic E-state index is 0.0312. The van der Waals surface area contributed by atoms with Gasteiger partial charge in [0.15, 0.2) is 0 Å². The smallest absolute Gasteiger partial charge is 0.328 e. The topological polar surface area (TPSA) is 123 Å². The van der Waals surface area contributed by atoms with Crippen LogP contribution in [0.3, 0.4) is 0 Å². The largest absolute Gasteiger partial charge is 0.493 e. The van der Waals surface area contributed by atoms with Crippen LogP contribution < -0.4 is 25.4 Å². The van der Waals surface area contributed by atoms with Gasteiger partial charge in [0.2, 0.25) is 5.91 Å². The summed E-state index contributed by atoms with van der Waals surface area (Å²) in [6.45, 7) is 7.91. The number of carbonyl (C=O) groups is 2. The van der Waals surface area contributed by atoms with Gasteiger partial charge < -0.3 is 19.4 Å². The van der Waals surface area contributed by atoms with E-state index in [1.54, 1.807) is 30.0 Å². The zero-order chi connectivity index (χ0) is 36.5. The number of fused-ring (bicyclic) bond motifs is 1. The van der Waals surface area contributed by atoms with E-state index in [1.165, 1.54) is 17.0 Å². The number of likely N-dealkylation sites (tertiary alicyclic amines) is 2. The standard InChI is InChI=1S/C38H47F2N7O5S/c39-30-17-26(47-14-7-35(48)43-38(47)50)1-2-33(30)45-12-5-25(6-13-45)46-20-27(21-46)44-10-3-24(4-11-44)22-52-28-18-31(40)36-32(19-28)41-34(42-37(36)49)23-53-29-8-15-51-16-9-29/h1-2,17-19,24-25,27,29H,3-16,20-23H2,(H,41,42,49)(H,43,48,50). The Morgan fingerprint density at radius 1 is 0.868 bits per heavy atom. The van der Waals surface area contributed by atoms with Gasteiger partial charge in [0.25, 0.3) is 5.56 Å². The number of nitrogens with zero attached hydrogens (tertiary/aromatic N) is 5. The summed E-state index contributed by atoms with van der Waals surface area (Å²) in [4.78, 5) is 52.4. The molecule has 2 N–H and O–H groups in total. The normalized spacial score (nSPS) is 22.0. The number of urea groups is 1. The fourth-order valence-electron chi connectivity index (χ4n) is 8.36. The number of halogens is 2. The van der Waals surface area contributed by atoms with Crippen LogP contribution >= 0.6 is 11.8 Å². The van der Waals surface area contributed by atoms with Crippen molar-refractivity contribution in [1.29, 1.82) is 0 Å². The highest BCUT2D eigenvalue weighted by atomic mass is 32.2. The summed E-state index contributed by atoms with van der Waals surface area (Å²) in [6, 6.07) is 8.38. The number of hydrogen-bond donors (Lipinski definition) is 2. The molecule has 53 heavy (non-hydrogen) atoms. The Balaban J connectivity index is 0.766. The highest BCUT2D eigenvalue weighted by molar-refractivity contribution is 7.99. The number of piperidine rings is 2. The van der Waals surface area contributed by atoms with Crippen molar-refractivity contribution in [3.05, 3.63) is 58.1 Å². The summed E-state index contributed by atoms with van der Waals surface area (Å²) in [5, 5.41) is 2.72. The van der Waals surface area contributed by atoms with E-state index in [-0.39, 0.29) is 30.1 Å². The summed E-state index contributed by atoms with van der Waals surface area (Å²) in [6.07, 6.45) is 6.13. The molecule has 3 aromatic rings. The molecule has 8 rings (SSSR count). The molecule has 1 aromatic heterocycles. The van der Waals surface area contributed by atoms with Gasteiger partial charge in [-0.25, -0.2) is 18.6 Å². The number of ether oxygens (including phenoxy) is 2. The Morgan fingerprint density at radius 3 is 2.38 bits per heavy atom. The maximum absolute atomic E-state index is 15.2. The Hall–Kier alpha value is -3.79. The molecule has 0 spiro atoms. The summed E-state index contributed by atoms with van der Waals surface area (Å²) < 4.78 is 41.8. The lowest BCUT2D eigenvalue weighted by molar-refractivity contribution is -0.120. The summed E-state index contributed by atoms with van der Waals surface area (Å²) in [7, 11) is 0. The number of rotatable bonds is 10. The molecule has 5 fully saturated rings. The molecule has 5 saturated heterocycles. The van der Waals surface area contributed by atoms with E-state index in [9.17, 15) is 14.4 Å². The van der Waals surface area contributed by atoms with E-state index in [0.717, 1.165) is 91.0 Å².